The Morgan fingerprint density at radius 1 is 1.00 bits per heavy atom. The summed E-state index contributed by atoms with van der Waals surface area (Å²) >= 11 is 0. The van der Waals surface area contributed by atoms with Crippen LogP contribution in [0.3, 0.4) is 0 Å². The van der Waals surface area contributed by atoms with E-state index in [0.717, 1.165) is 5.56 Å². The number of hydrogen-bond acceptors (Lipinski definition) is 3. The first kappa shape index (κ1) is 23.6. The summed E-state index contributed by atoms with van der Waals surface area (Å²) < 4.78 is 90.8. The Kier molecular flexibility index (Phi) is 6.98. The minimum absolute atomic E-state index is 0.000551. The molecular weight excluding hydrogens is 424 g/mol. The van der Waals surface area contributed by atoms with Gasteiger partial charge >= 0.3 is 12.4 Å². The Balaban J connectivity index is 1.92. The molecule has 170 valence electrons. The summed E-state index contributed by atoms with van der Waals surface area (Å²) in [5, 5.41) is 0. The van der Waals surface area contributed by atoms with Crippen LogP contribution in [0.25, 0.3) is 0 Å². The number of rotatable bonds is 5. The highest BCUT2D eigenvalue weighted by Crippen LogP contribution is 2.41. The van der Waals surface area contributed by atoms with Crippen LogP contribution < -0.4 is 5.73 Å². The first-order valence-electron chi connectivity index (χ1n) is 9.82. The van der Waals surface area contributed by atoms with Gasteiger partial charge in [-0.3, -0.25) is 0 Å². The lowest BCUT2D eigenvalue weighted by molar-refractivity contribution is -0.208. The molecule has 0 spiro atoms. The molecule has 0 aromatic heterocycles. The second-order valence-corrected chi connectivity index (χ2v) is 7.58. The summed E-state index contributed by atoms with van der Waals surface area (Å²) in [7, 11) is 0. The molecule has 0 aliphatic carbocycles. The first-order chi connectivity index (χ1) is 14.5. The average Bonchev–Trinajstić information content (AvgIpc) is 2.72. The minimum atomic E-state index is -4.92. The van der Waals surface area contributed by atoms with Gasteiger partial charge in [-0.25, -0.2) is 0 Å². The maximum atomic E-state index is 13.2. The first-order valence-corrected chi connectivity index (χ1v) is 9.82. The topological polar surface area (TPSA) is 44.5 Å². The molecule has 1 saturated heterocycles. The lowest BCUT2D eigenvalue weighted by Gasteiger charge is -2.39. The summed E-state index contributed by atoms with van der Waals surface area (Å²) in [6, 6.07) is 10.7. The standard InChI is InChI=1S/C22H23F6NO2/c1-13(16-9-17(21(23,24)25)11-18(10-16)22(26,27)28)31-20-19(14-5-3-2-4-6-14)15(12-29)7-8-30-20/h2-6,9-11,13,15,19-20H,7-8,12,29H2,1H3/t13-,15+,19+,20-/m1/s1. The monoisotopic (exact) mass is 447 g/mol. The molecule has 2 aromatic carbocycles. The van der Waals surface area contributed by atoms with E-state index < -0.39 is 35.9 Å². The van der Waals surface area contributed by atoms with Crippen LogP contribution in [0.15, 0.2) is 48.5 Å². The molecule has 0 amide bonds. The zero-order valence-corrected chi connectivity index (χ0v) is 16.7. The van der Waals surface area contributed by atoms with E-state index >= 15 is 0 Å². The lowest BCUT2D eigenvalue weighted by atomic mass is 9.82. The largest absolute Gasteiger partial charge is 0.416 e. The molecule has 0 saturated carbocycles. The number of halogens is 6. The van der Waals surface area contributed by atoms with Gasteiger partial charge in [0.25, 0.3) is 0 Å². The maximum Gasteiger partial charge on any atom is 0.416 e. The number of nitrogens with two attached hydrogens (primary N) is 1. The highest BCUT2D eigenvalue weighted by Gasteiger charge is 2.39. The molecule has 3 nitrogen and oxygen atoms in total. The molecule has 31 heavy (non-hydrogen) atoms. The van der Waals surface area contributed by atoms with E-state index in [1.165, 1.54) is 6.92 Å². The molecule has 1 fully saturated rings. The van der Waals surface area contributed by atoms with Gasteiger partial charge in [0.1, 0.15) is 0 Å². The van der Waals surface area contributed by atoms with Crippen molar-refractivity contribution in [1.29, 1.82) is 0 Å². The van der Waals surface area contributed by atoms with Crippen molar-refractivity contribution >= 4 is 0 Å². The van der Waals surface area contributed by atoms with Crippen LogP contribution in [-0.4, -0.2) is 19.4 Å². The van der Waals surface area contributed by atoms with E-state index in [2.05, 4.69) is 0 Å². The number of ether oxygens (including phenoxy) is 2. The zero-order valence-electron chi connectivity index (χ0n) is 16.7. The highest BCUT2D eigenvalue weighted by atomic mass is 19.4. The zero-order chi connectivity index (χ0) is 22.8. The van der Waals surface area contributed by atoms with Crippen molar-refractivity contribution in [2.45, 2.75) is 44.0 Å². The maximum absolute atomic E-state index is 13.2. The van der Waals surface area contributed by atoms with Gasteiger partial charge in [-0.15, -0.1) is 0 Å². The minimum Gasteiger partial charge on any atom is -0.352 e. The Morgan fingerprint density at radius 2 is 1.58 bits per heavy atom. The summed E-state index contributed by atoms with van der Waals surface area (Å²) in [6.07, 6.45) is -11.1. The fourth-order valence-electron chi connectivity index (χ4n) is 3.83. The number of hydrogen-bond donors (Lipinski definition) is 1. The molecular formula is C22H23F6NO2. The number of alkyl halides is 6. The third-order valence-corrected chi connectivity index (χ3v) is 5.48. The van der Waals surface area contributed by atoms with E-state index in [-0.39, 0.29) is 23.5 Å². The van der Waals surface area contributed by atoms with Crippen molar-refractivity contribution in [3.8, 4) is 0 Å². The second-order valence-electron chi connectivity index (χ2n) is 7.58. The van der Waals surface area contributed by atoms with Gasteiger partial charge in [0.05, 0.1) is 23.8 Å². The van der Waals surface area contributed by atoms with Gasteiger partial charge < -0.3 is 15.2 Å². The predicted molar refractivity (Wildman–Crippen MR) is 102 cm³/mol. The predicted octanol–water partition coefficient (Wildman–Crippen LogP) is 5.91. The number of benzene rings is 2. The molecule has 0 radical (unpaired) electrons. The fraction of sp³-hybridized carbons (Fsp3) is 0.455. The molecule has 0 bridgehead atoms. The summed E-state index contributed by atoms with van der Waals surface area (Å²) in [5.41, 5.74) is 3.81. The van der Waals surface area contributed by atoms with E-state index in [1.807, 2.05) is 30.3 Å². The normalized spacial score (nSPS) is 23.5. The van der Waals surface area contributed by atoms with Crippen molar-refractivity contribution in [2.75, 3.05) is 13.2 Å². The van der Waals surface area contributed by atoms with Crippen molar-refractivity contribution in [3.05, 3.63) is 70.8 Å². The van der Waals surface area contributed by atoms with Crippen LogP contribution in [0.4, 0.5) is 26.3 Å². The molecule has 1 aliphatic heterocycles. The SMILES string of the molecule is C[C@@H](O[C@H]1OCC[C@@H](CN)[C@@H]1c1ccccc1)c1cc(C(F)(F)F)cc(C(F)(F)F)c1. The Morgan fingerprint density at radius 3 is 2.10 bits per heavy atom. The van der Waals surface area contributed by atoms with Gasteiger partial charge in [-0.05, 0) is 55.1 Å². The van der Waals surface area contributed by atoms with Crippen LogP contribution in [-0.2, 0) is 21.8 Å². The summed E-state index contributed by atoms with van der Waals surface area (Å²) in [5.74, 6) is -0.295. The molecule has 3 rings (SSSR count). The molecule has 0 unspecified atom stereocenters. The molecule has 2 aromatic rings. The van der Waals surface area contributed by atoms with Crippen LogP contribution in [0.5, 0.6) is 0 Å². The van der Waals surface area contributed by atoms with E-state index in [9.17, 15) is 26.3 Å². The van der Waals surface area contributed by atoms with Gasteiger partial charge in [0, 0.05) is 5.92 Å². The van der Waals surface area contributed by atoms with Crippen molar-refractivity contribution in [3.63, 3.8) is 0 Å². The Labute approximate surface area is 176 Å². The molecule has 2 N–H and O–H groups in total. The van der Waals surface area contributed by atoms with Crippen LogP contribution in [0.1, 0.15) is 47.6 Å². The van der Waals surface area contributed by atoms with E-state index in [1.54, 1.807) is 0 Å². The smallest absolute Gasteiger partial charge is 0.352 e. The molecule has 4 atom stereocenters. The van der Waals surface area contributed by atoms with E-state index in [0.29, 0.717) is 31.7 Å². The summed E-state index contributed by atoms with van der Waals surface area (Å²) in [4.78, 5) is 0. The van der Waals surface area contributed by atoms with Gasteiger partial charge in [0.15, 0.2) is 6.29 Å². The van der Waals surface area contributed by atoms with Crippen molar-refractivity contribution in [2.24, 2.45) is 11.7 Å². The fourth-order valence-corrected chi connectivity index (χ4v) is 3.83. The van der Waals surface area contributed by atoms with Gasteiger partial charge in [0.2, 0.25) is 0 Å². The summed E-state index contributed by atoms with van der Waals surface area (Å²) in [6.45, 7) is 2.09. The molecule has 9 heteroatoms. The highest BCUT2D eigenvalue weighted by molar-refractivity contribution is 5.34. The Bertz CT molecular complexity index is 836. The van der Waals surface area contributed by atoms with Crippen LogP contribution in [0, 0.1) is 5.92 Å². The molecule has 1 aliphatic rings. The molecule has 1 heterocycles. The second kappa shape index (κ2) is 9.18. The third kappa shape index (κ3) is 5.58. The van der Waals surface area contributed by atoms with Crippen LogP contribution in [0.2, 0.25) is 0 Å². The Hall–Kier alpha value is -2.10. The van der Waals surface area contributed by atoms with Crippen molar-refractivity contribution in [1.82, 2.24) is 0 Å². The average molecular weight is 447 g/mol. The quantitative estimate of drug-likeness (QED) is 0.580. The van der Waals surface area contributed by atoms with E-state index in [4.69, 9.17) is 15.2 Å². The third-order valence-electron chi connectivity index (χ3n) is 5.48. The van der Waals surface area contributed by atoms with Crippen molar-refractivity contribution < 1.29 is 35.8 Å². The van der Waals surface area contributed by atoms with Gasteiger partial charge in [-0.1, -0.05) is 30.3 Å². The lowest BCUT2D eigenvalue weighted by Crippen LogP contribution is -2.40. The van der Waals surface area contributed by atoms with Gasteiger partial charge in [-0.2, -0.15) is 26.3 Å². The van der Waals surface area contributed by atoms with Crippen LogP contribution >= 0.6 is 0 Å².